The van der Waals surface area contributed by atoms with Gasteiger partial charge in [0.2, 0.25) is 0 Å². The second kappa shape index (κ2) is 3.76. The molecule has 1 unspecified atom stereocenters. The minimum absolute atomic E-state index is 0.227. The SMILES string of the molecule is CCC1(C)C(C)=C(C)C(C)=C1C1=[C]CC=C1. The highest BCUT2D eigenvalue weighted by Gasteiger charge is 2.38. The summed E-state index contributed by atoms with van der Waals surface area (Å²) in [5.74, 6) is 0. The van der Waals surface area contributed by atoms with Crippen molar-refractivity contribution in [3.63, 3.8) is 0 Å². The zero-order valence-corrected chi connectivity index (χ0v) is 11.1. The highest BCUT2D eigenvalue weighted by molar-refractivity contribution is 5.60. The van der Waals surface area contributed by atoms with E-state index in [1.807, 2.05) is 0 Å². The quantitative estimate of drug-likeness (QED) is 0.620. The molecular weight excluding hydrogens is 192 g/mol. The Morgan fingerprint density at radius 2 is 1.94 bits per heavy atom. The molecule has 0 spiro atoms. The lowest BCUT2D eigenvalue weighted by atomic mass is 9.74. The van der Waals surface area contributed by atoms with Gasteiger partial charge >= 0.3 is 0 Å². The molecule has 0 fully saturated rings. The van der Waals surface area contributed by atoms with Gasteiger partial charge in [0.25, 0.3) is 0 Å². The van der Waals surface area contributed by atoms with E-state index < -0.39 is 0 Å². The van der Waals surface area contributed by atoms with Crippen LogP contribution in [0.3, 0.4) is 0 Å². The van der Waals surface area contributed by atoms with Crippen molar-refractivity contribution in [1.29, 1.82) is 0 Å². The zero-order chi connectivity index (χ0) is 11.9. The van der Waals surface area contributed by atoms with E-state index in [1.165, 1.54) is 34.3 Å². The topological polar surface area (TPSA) is 0 Å². The fourth-order valence-electron chi connectivity index (χ4n) is 3.00. The standard InChI is InChI=1S/C16H21/c1-6-16(5)13(4)11(2)12(3)15(16)14-9-7-8-10-14/h7,9H,6,8H2,1-5H3. The first-order valence-electron chi connectivity index (χ1n) is 6.19. The molecule has 0 amide bonds. The van der Waals surface area contributed by atoms with Gasteiger partial charge in [-0.25, -0.2) is 0 Å². The van der Waals surface area contributed by atoms with Gasteiger partial charge in [-0.05, 0) is 62.0 Å². The molecule has 0 heterocycles. The summed E-state index contributed by atoms with van der Waals surface area (Å²) in [6.45, 7) is 11.5. The van der Waals surface area contributed by atoms with E-state index >= 15 is 0 Å². The van der Waals surface area contributed by atoms with Crippen LogP contribution in [0.25, 0.3) is 0 Å². The maximum atomic E-state index is 3.48. The van der Waals surface area contributed by atoms with Crippen LogP contribution in [-0.4, -0.2) is 0 Å². The Labute approximate surface area is 99.4 Å². The third-order valence-corrected chi connectivity index (χ3v) is 4.55. The first-order valence-corrected chi connectivity index (χ1v) is 6.19. The highest BCUT2D eigenvalue weighted by atomic mass is 14.4. The van der Waals surface area contributed by atoms with Crippen LogP contribution < -0.4 is 0 Å². The van der Waals surface area contributed by atoms with Gasteiger partial charge in [-0.2, -0.15) is 0 Å². The van der Waals surface area contributed by atoms with E-state index in [2.05, 4.69) is 52.8 Å². The Hall–Kier alpha value is -1.04. The Balaban J connectivity index is 2.57. The van der Waals surface area contributed by atoms with E-state index in [4.69, 9.17) is 0 Å². The minimum Gasteiger partial charge on any atom is -0.0795 e. The molecule has 2 rings (SSSR count). The van der Waals surface area contributed by atoms with Crippen LogP contribution in [0.15, 0.2) is 40.0 Å². The Morgan fingerprint density at radius 3 is 2.44 bits per heavy atom. The smallest absolute Gasteiger partial charge is 0.0142 e. The van der Waals surface area contributed by atoms with Gasteiger partial charge in [0.15, 0.2) is 0 Å². The number of allylic oxidation sites excluding steroid dienone is 8. The Kier molecular flexibility index (Phi) is 2.69. The number of hydrogen-bond donors (Lipinski definition) is 0. The van der Waals surface area contributed by atoms with Crippen LogP contribution in [0.2, 0.25) is 0 Å². The molecule has 0 N–H and O–H groups in total. The third kappa shape index (κ3) is 1.36. The van der Waals surface area contributed by atoms with Gasteiger partial charge in [-0.3, -0.25) is 0 Å². The van der Waals surface area contributed by atoms with Crippen molar-refractivity contribution in [2.24, 2.45) is 5.41 Å². The summed E-state index contributed by atoms with van der Waals surface area (Å²) >= 11 is 0. The van der Waals surface area contributed by atoms with Crippen molar-refractivity contribution < 1.29 is 0 Å². The molecule has 16 heavy (non-hydrogen) atoms. The van der Waals surface area contributed by atoms with Crippen molar-refractivity contribution in [3.8, 4) is 0 Å². The Bertz CT molecular complexity index is 441. The van der Waals surface area contributed by atoms with Gasteiger partial charge in [-0.1, -0.05) is 31.6 Å². The molecule has 0 saturated heterocycles. The van der Waals surface area contributed by atoms with Crippen LogP contribution in [0.5, 0.6) is 0 Å². The van der Waals surface area contributed by atoms with Gasteiger partial charge in [0.05, 0.1) is 0 Å². The Morgan fingerprint density at radius 1 is 1.25 bits per heavy atom. The van der Waals surface area contributed by atoms with Crippen molar-refractivity contribution in [3.05, 3.63) is 46.1 Å². The second-order valence-corrected chi connectivity index (χ2v) is 5.13. The molecule has 2 aliphatic carbocycles. The maximum absolute atomic E-state index is 3.48. The van der Waals surface area contributed by atoms with Crippen molar-refractivity contribution in [2.75, 3.05) is 0 Å². The summed E-state index contributed by atoms with van der Waals surface area (Å²) in [6.07, 6.45) is 10.1. The van der Waals surface area contributed by atoms with Crippen LogP contribution in [0.1, 0.15) is 47.5 Å². The van der Waals surface area contributed by atoms with Crippen molar-refractivity contribution in [1.82, 2.24) is 0 Å². The lowest BCUT2D eigenvalue weighted by Gasteiger charge is -2.30. The van der Waals surface area contributed by atoms with Crippen molar-refractivity contribution >= 4 is 0 Å². The van der Waals surface area contributed by atoms with Gasteiger partial charge in [-0.15, -0.1) is 0 Å². The molecule has 2 aliphatic rings. The molecule has 85 valence electrons. The molecule has 1 atom stereocenters. The van der Waals surface area contributed by atoms with Crippen LogP contribution in [-0.2, 0) is 0 Å². The number of hydrogen-bond acceptors (Lipinski definition) is 0. The van der Waals surface area contributed by atoms with E-state index in [-0.39, 0.29) is 5.41 Å². The summed E-state index contributed by atoms with van der Waals surface area (Å²) in [5.41, 5.74) is 7.56. The normalized spacial score (nSPS) is 29.4. The molecule has 0 saturated carbocycles. The zero-order valence-electron chi connectivity index (χ0n) is 11.1. The predicted octanol–water partition coefficient (Wildman–Crippen LogP) is 4.76. The summed E-state index contributed by atoms with van der Waals surface area (Å²) in [5, 5.41) is 0. The highest BCUT2D eigenvalue weighted by Crippen LogP contribution is 2.52. The van der Waals surface area contributed by atoms with E-state index in [0.717, 1.165) is 6.42 Å². The van der Waals surface area contributed by atoms with Gasteiger partial charge in [0.1, 0.15) is 0 Å². The summed E-state index contributed by atoms with van der Waals surface area (Å²) in [4.78, 5) is 0. The summed E-state index contributed by atoms with van der Waals surface area (Å²) in [6, 6.07) is 0. The lowest BCUT2D eigenvalue weighted by molar-refractivity contribution is 0.475. The van der Waals surface area contributed by atoms with E-state index in [9.17, 15) is 0 Å². The predicted molar refractivity (Wildman–Crippen MR) is 70.0 cm³/mol. The van der Waals surface area contributed by atoms with Crippen molar-refractivity contribution in [2.45, 2.75) is 47.5 Å². The summed E-state index contributed by atoms with van der Waals surface area (Å²) in [7, 11) is 0. The minimum atomic E-state index is 0.227. The molecule has 0 bridgehead atoms. The molecule has 0 heteroatoms. The van der Waals surface area contributed by atoms with Gasteiger partial charge < -0.3 is 0 Å². The fraction of sp³-hybridized carbons (Fsp3) is 0.500. The molecule has 0 nitrogen and oxygen atoms in total. The number of rotatable bonds is 2. The molecule has 0 aliphatic heterocycles. The summed E-state index contributed by atoms with van der Waals surface area (Å²) < 4.78 is 0. The van der Waals surface area contributed by atoms with E-state index in [0.29, 0.717) is 0 Å². The lowest BCUT2D eigenvalue weighted by Crippen LogP contribution is -2.18. The average Bonchev–Trinajstić information content (AvgIpc) is 2.84. The monoisotopic (exact) mass is 213 g/mol. The van der Waals surface area contributed by atoms with Crippen LogP contribution >= 0.6 is 0 Å². The molecule has 0 aromatic rings. The molecule has 0 aromatic carbocycles. The fourth-order valence-corrected chi connectivity index (χ4v) is 3.00. The van der Waals surface area contributed by atoms with Crippen LogP contribution in [0.4, 0.5) is 0 Å². The maximum Gasteiger partial charge on any atom is 0.0142 e. The average molecular weight is 213 g/mol. The molecular formula is C16H21. The van der Waals surface area contributed by atoms with E-state index in [1.54, 1.807) is 0 Å². The van der Waals surface area contributed by atoms with Crippen LogP contribution in [0, 0.1) is 11.5 Å². The van der Waals surface area contributed by atoms with Gasteiger partial charge in [0, 0.05) is 5.41 Å². The first kappa shape index (κ1) is 11.4. The largest absolute Gasteiger partial charge is 0.0795 e. The molecule has 0 aromatic heterocycles. The second-order valence-electron chi connectivity index (χ2n) is 5.13. The third-order valence-electron chi connectivity index (χ3n) is 4.55. The molecule has 1 radical (unpaired) electrons. The first-order chi connectivity index (χ1) is 7.52.